The Hall–Kier alpha value is -1.35. The lowest BCUT2D eigenvalue weighted by atomic mass is 10.0. The van der Waals surface area contributed by atoms with Crippen LogP contribution in [-0.2, 0) is 4.74 Å². The van der Waals surface area contributed by atoms with Crippen molar-refractivity contribution >= 4 is 5.97 Å². The summed E-state index contributed by atoms with van der Waals surface area (Å²) >= 11 is 0. The van der Waals surface area contributed by atoms with Gasteiger partial charge in [0.05, 0.1) is 5.56 Å². The highest BCUT2D eigenvalue weighted by Gasteiger charge is 2.29. The fourth-order valence-electron chi connectivity index (χ4n) is 3.12. The molecule has 0 bridgehead atoms. The van der Waals surface area contributed by atoms with Crippen LogP contribution in [0.25, 0.3) is 0 Å². The Morgan fingerprint density at radius 3 is 2.79 bits per heavy atom. The molecule has 3 heteroatoms. The van der Waals surface area contributed by atoms with Crippen LogP contribution in [0.1, 0.15) is 54.1 Å². The molecule has 0 amide bonds. The van der Waals surface area contributed by atoms with Crippen LogP contribution in [0.15, 0.2) is 24.3 Å². The Morgan fingerprint density at radius 2 is 1.95 bits per heavy atom. The summed E-state index contributed by atoms with van der Waals surface area (Å²) in [5, 5.41) is 0. The third-order valence-electron chi connectivity index (χ3n) is 4.17. The first kappa shape index (κ1) is 12.7. The number of carbonyl (C=O) groups excluding carboxylic acids is 1. The Balaban J connectivity index is 1.52. The molecule has 2 aliphatic heterocycles. The zero-order chi connectivity index (χ0) is 13.1. The molecule has 19 heavy (non-hydrogen) atoms. The van der Waals surface area contributed by atoms with Crippen LogP contribution in [0.5, 0.6) is 0 Å². The number of carbonyl (C=O) groups is 1. The number of esters is 1. The van der Waals surface area contributed by atoms with Gasteiger partial charge in [0, 0.05) is 5.56 Å². The summed E-state index contributed by atoms with van der Waals surface area (Å²) in [4.78, 5) is 14.2. The lowest BCUT2D eigenvalue weighted by Crippen LogP contribution is -2.30. The number of hydrogen-bond donors (Lipinski definition) is 0. The molecule has 102 valence electrons. The quantitative estimate of drug-likeness (QED) is 0.778. The van der Waals surface area contributed by atoms with Gasteiger partial charge in [-0.05, 0) is 51.4 Å². The van der Waals surface area contributed by atoms with E-state index in [-0.39, 0.29) is 12.1 Å². The average molecular weight is 259 g/mol. The summed E-state index contributed by atoms with van der Waals surface area (Å²) in [5.41, 5.74) is 1.83. The smallest absolute Gasteiger partial charge is 0.339 e. The van der Waals surface area contributed by atoms with Crippen molar-refractivity contribution in [2.24, 2.45) is 0 Å². The summed E-state index contributed by atoms with van der Waals surface area (Å²) in [5.74, 6) is -0.154. The number of hydrogen-bond acceptors (Lipinski definition) is 3. The van der Waals surface area contributed by atoms with E-state index in [2.05, 4.69) is 4.90 Å². The van der Waals surface area contributed by atoms with Crippen molar-refractivity contribution in [1.29, 1.82) is 0 Å². The van der Waals surface area contributed by atoms with E-state index in [0.717, 1.165) is 30.5 Å². The molecule has 0 saturated carbocycles. The zero-order valence-electron chi connectivity index (χ0n) is 11.3. The highest BCUT2D eigenvalue weighted by molar-refractivity contribution is 5.93. The normalized spacial score (nSPS) is 23.2. The minimum absolute atomic E-state index is 0.0199. The zero-order valence-corrected chi connectivity index (χ0v) is 11.3. The van der Waals surface area contributed by atoms with E-state index in [1.54, 1.807) is 0 Å². The van der Waals surface area contributed by atoms with Crippen molar-refractivity contribution in [1.82, 2.24) is 4.90 Å². The first-order valence-corrected chi connectivity index (χ1v) is 7.37. The molecule has 0 radical (unpaired) electrons. The standard InChI is InChI=1S/C16H21NO2/c18-16-14-8-3-2-7-13(14)15(19-16)9-6-12-17-10-4-1-5-11-17/h2-3,7-8,15H,1,4-6,9-12H2. The van der Waals surface area contributed by atoms with Crippen molar-refractivity contribution < 1.29 is 9.53 Å². The van der Waals surface area contributed by atoms with Gasteiger partial charge in [-0.3, -0.25) is 0 Å². The molecular weight excluding hydrogens is 238 g/mol. The molecule has 1 aromatic rings. The Morgan fingerprint density at radius 1 is 1.16 bits per heavy atom. The maximum atomic E-state index is 11.7. The molecule has 1 aromatic carbocycles. The van der Waals surface area contributed by atoms with Gasteiger partial charge in [0.15, 0.2) is 0 Å². The van der Waals surface area contributed by atoms with Gasteiger partial charge in [-0.1, -0.05) is 24.6 Å². The SMILES string of the molecule is O=C1OC(CCCN2CCCCC2)c2ccccc21. The monoisotopic (exact) mass is 259 g/mol. The fraction of sp³-hybridized carbons (Fsp3) is 0.562. The van der Waals surface area contributed by atoms with Crippen LogP contribution < -0.4 is 0 Å². The van der Waals surface area contributed by atoms with Crippen molar-refractivity contribution in [2.45, 2.75) is 38.2 Å². The van der Waals surface area contributed by atoms with Gasteiger partial charge >= 0.3 is 5.97 Å². The fourth-order valence-corrected chi connectivity index (χ4v) is 3.12. The van der Waals surface area contributed by atoms with E-state index in [0.29, 0.717) is 0 Å². The van der Waals surface area contributed by atoms with E-state index >= 15 is 0 Å². The van der Waals surface area contributed by atoms with E-state index in [4.69, 9.17) is 4.74 Å². The van der Waals surface area contributed by atoms with Gasteiger partial charge in [0.2, 0.25) is 0 Å². The molecule has 1 fully saturated rings. The topological polar surface area (TPSA) is 29.5 Å². The maximum Gasteiger partial charge on any atom is 0.339 e. The second-order valence-electron chi connectivity index (χ2n) is 5.53. The number of benzene rings is 1. The van der Waals surface area contributed by atoms with Crippen molar-refractivity contribution in [3.05, 3.63) is 35.4 Å². The van der Waals surface area contributed by atoms with Gasteiger partial charge in [-0.25, -0.2) is 4.79 Å². The first-order valence-electron chi connectivity index (χ1n) is 7.37. The highest BCUT2D eigenvalue weighted by Crippen LogP contribution is 2.33. The molecule has 0 N–H and O–H groups in total. The molecule has 1 atom stereocenters. The molecule has 2 aliphatic rings. The Labute approximate surface area is 114 Å². The lowest BCUT2D eigenvalue weighted by molar-refractivity contribution is 0.0357. The summed E-state index contributed by atoms with van der Waals surface area (Å²) in [6.07, 6.45) is 6.08. The summed E-state index contributed by atoms with van der Waals surface area (Å²) in [7, 11) is 0. The molecule has 1 saturated heterocycles. The minimum Gasteiger partial charge on any atom is -0.454 e. The van der Waals surface area contributed by atoms with E-state index < -0.39 is 0 Å². The third kappa shape index (κ3) is 2.81. The summed E-state index contributed by atoms with van der Waals surface area (Å²) < 4.78 is 5.46. The number of fused-ring (bicyclic) bond motifs is 1. The molecule has 1 unspecified atom stereocenters. The number of cyclic esters (lactones) is 1. The largest absolute Gasteiger partial charge is 0.454 e. The predicted molar refractivity (Wildman–Crippen MR) is 74.1 cm³/mol. The van der Waals surface area contributed by atoms with Gasteiger partial charge in [0.1, 0.15) is 6.10 Å². The highest BCUT2D eigenvalue weighted by atomic mass is 16.5. The van der Waals surface area contributed by atoms with E-state index in [1.807, 2.05) is 24.3 Å². The second kappa shape index (κ2) is 5.74. The van der Waals surface area contributed by atoms with Crippen LogP contribution >= 0.6 is 0 Å². The maximum absolute atomic E-state index is 11.7. The van der Waals surface area contributed by atoms with Gasteiger partial charge in [-0.2, -0.15) is 0 Å². The average Bonchev–Trinajstić information content (AvgIpc) is 2.78. The number of likely N-dealkylation sites (tertiary alicyclic amines) is 1. The predicted octanol–water partition coefficient (Wildman–Crippen LogP) is 3.16. The van der Waals surface area contributed by atoms with Crippen molar-refractivity contribution in [3.8, 4) is 0 Å². The molecule has 2 heterocycles. The number of ether oxygens (including phenoxy) is 1. The second-order valence-corrected chi connectivity index (χ2v) is 5.53. The van der Waals surface area contributed by atoms with Crippen LogP contribution in [0.4, 0.5) is 0 Å². The molecule has 0 spiro atoms. The molecule has 0 aromatic heterocycles. The molecule has 0 aliphatic carbocycles. The molecule has 3 rings (SSSR count). The van der Waals surface area contributed by atoms with Gasteiger partial charge < -0.3 is 9.64 Å². The Bertz CT molecular complexity index is 452. The summed E-state index contributed by atoms with van der Waals surface area (Å²) in [6, 6.07) is 7.77. The molecule has 3 nitrogen and oxygen atoms in total. The van der Waals surface area contributed by atoms with E-state index in [9.17, 15) is 4.79 Å². The van der Waals surface area contributed by atoms with Crippen molar-refractivity contribution in [3.63, 3.8) is 0 Å². The van der Waals surface area contributed by atoms with Gasteiger partial charge in [0.25, 0.3) is 0 Å². The summed E-state index contributed by atoms with van der Waals surface area (Å²) in [6.45, 7) is 3.61. The van der Waals surface area contributed by atoms with E-state index in [1.165, 1.54) is 32.4 Å². The lowest BCUT2D eigenvalue weighted by Gasteiger charge is -2.26. The first-order chi connectivity index (χ1) is 9.34. The van der Waals surface area contributed by atoms with Gasteiger partial charge in [-0.15, -0.1) is 0 Å². The Kier molecular flexibility index (Phi) is 3.83. The van der Waals surface area contributed by atoms with Crippen molar-refractivity contribution in [2.75, 3.05) is 19.6 Å². The minimum atomic E-state index is -0.154. The van der Waals surface area contributed by atoms with Crippen LogP contribution in [0.2, 0.25) is 0 Å². The van der Waals surface area contributed by atoms with Crippen LogP contribution in [0.3, 0.4) is 0 Å². The molecular formula is C16H21NO2. The number of nitrogens with zero attached hydrogens (tertiary/aromatic N) is 1. The van der Waals surface area contributed by atoms with Crippen LogP contribution in [-0.4, -0.2) is 30.5 Å². The van der Waals surface area contributed by atoms with Crippen LogP contribution in [0, 0.1) is 0 Å². The number of rotatable bonds is 4. The third-order valence-corrected chi connectivity index (χ3v) is 4.17. The number of piperidine rings is 1.